The van der Waals surface area contributed by atoms with Crippen LogP contribution in [0.15, 0.2) is 35.1 Å². The van der Waals surface area contributed by atoms with E-state index in [9.17, 15) is 28.2 Å². The average molecular weight is 382 g/mol. The summed E-state index contributed by atoms with van der Waals surface area (Å²) >= 11 is 0. The normalized spacial score (nSPS) is 20.7. The summed E-state index contributed by atoms with van der Waals surface area (Å²) in [5.41, 5.74) is -1.71. The summed E-state index contributed by atoms with van der Waals surface area (Å²) < 4.78 is 39.3. The molecule has 146 valence electrons. The van der Waals surface area contributed by atoms with Crippen LogP contribution in [0.25, 0.3) is 10.9 Å². The van der Waals surface area contributed by atoms with Crippen LogP contribution in [0, 0.1) is 5.92 Å². The second-order valence-corrected chi connectivity index (χ2v) is 6.86. The summed E-state index contributed by atoms with van der Waals surface area (Å²) in [6.07, 6.45) is 3.29. The number of halogens is 3. The zero-order chi connectivity index (χ0) is 19.6. The van der Waals surface area contributed by atoms with Crippen LogP contribution in [-0.2, 0) is 12.7 Å². The number of benzene rings is 1. The van der Waals surface area contributed by atoms with Crippen LogP contribution >= 0.6 is 0 Å². The van der Waals surface area contributed by atoms with Gasteiger partial charge in [-0.25, -0.2) is 0 Å². The molecule has 27 heavy (non-hydrogen) atoms. The average Bonchev–Trinajstić information content (AvgIpc) is 3.01. The van der Waals surface area contributed by atoms with Crippen LogP contribution < -0.4 is 5.56 Å². The van der Waals surface area contributed by atoms with Crippen molar-refractivity contribution < 1.29 is 23.4 Å². The molecule has 1 saturated carbocycles. The van der Waals surface area contributed by atoms with E-state index in [2.05, 4.69) is 4.98 Å². The van der Waals surface area contributed by atoms with Gasteiger partial charge in [0, 0.05) is 6.54 Å². The van der Waals surface area contributed by atoms with E-state index in [4.69, 9.17) is 0 Å². The van der Waals surface area contributed by atoms with Crippen LogP contribution in [0.3, 0.4) is 0 Å². The van der Waals surface area contributed by atoms with E-state index in [1.54, 1.807) is 6.08 Å². The minimum absolute atomic E-state index is 0.0169. The van der Waals surface area contributed by atoms with Crippen molar-refractivity contribution in [3.63, 3.8) is 0 Å². The van der Waals surface area contributed by atoms with Gasteiger partial charge in [0.05, 0.1) is 22.6 Å². The number of hydrogen-bond donors (Lipinski definition) is 2. The molecule has 1 fully saturated rings. The maximum absolute atomic E-state index is 12.8. The molecule has 0 saturated heterocycles. The van der Waals surface area contributed by atoms with Gasteiger partial charge < -0.3 is 10.2 Å². The molecular formula is C19H21F3N2O3. The number of rotatable bonds is 5. The van der Waals surface area contributed by atoms with E-state index < -0.39 is 23.3 Å². The molecule has 1 aliphatic carbocycles. The van der Waals surface area contributed by atoms with Gasteiger partial charge in [-0.05, 0) is 49.8 Å². The molecule has 5 nitrogen and oxygen atoms in total. The molecule has 0 radical (unpaired) electrons. The van der Waals surface area contributed by atoms with Crippen molar-refractivity contribution in [1.82, 2.24) is 9.55 Å². The first-order valence-electron chi connectivity index (χ1n) is 8.91. The lowest BCUT2D eigenvalue weighted by Gasteiger charge is -2.12. The summed E-state index contributed by atoms with van der Waals surface area (Å²) in [5, 5.41) is 19.8. The molecule has 0 bridgehead atoms. The summed E-state index contributed by atoms with van der Waals surface area (Å²) in [6, 6.07) is 2.04. The van der Waals surface area contributed by atoms with Gasteiger partial charge in [0.25, 0.3) is 11.6 Å². The molecule has 2 N–H and O–H groups in total. The predicted octanol–water partition coefficient (Wildman–Crippen LogP) is 3.62. The lowest BCUT2D eigenvalue weighted by atomic mass is 10.00. The van der Waals surface area contributed by atoms with E-state index in [1.807, 2.05) is 6.08 Å². The summed E-state index contributed by atoms with van der Waals surface area (Å²) in [5.74, 6) is 0.302. The molecule has 2 atom stereocenters. The molecule has 3 rings (SSSR count). The van der Waals surface area contributed by atoms with Crippen molar-refractivity contribution in [3.05, 3.63) is 46.3 Å². The molecule has 0 unspecified atom stereocenters. The van der Waals surface area contributed by atoms with Crippen molar-refractivity contribution in [2.75, 3.05) is 0 Å². The molecular weight excluding hydrogens is 361 g/mol. The second-order valence-electron chi connectivity index (χ2n) is 6.86. The van der Waals surface area contributed by atoms with Gasteiger partial charge in [0.15, 0.2) is 0 Å². The number of fused-ring (bicyclic) bond motifs is 1. The van der Waals surface area contributed by atoms with Crippen LogP contribution in [0.1, 0.15) is 37.7 Å². The van der Waals surface area contributed by atoms with E-state index in [-0.39, 0.29) is 23.6 Å². The number of aliphatic hydroxyl groups excluding tert-OH is 1. The molecule has 0 amide bonds. The Labute approximate surface area is 153 Å². The third kappa shape index (κ3) is 4.32. The Bertz CT molecular complexity index is 905. The number of aliphatic hydroxyl groups is 1. The molecule has 0 aliphatic heterocycles. The fourth-order valence-corrected chi connectivity index (χ4v) is 3.51. The summed E-state index contributed by atoms with van der Waals surface area (Å²) in [4.78, 5) is 16.2. The molecule has 1 aliphatic rings. The second kappa shape index (κ2) is 7.72. The van der Waals surface area contributed by atoms with Crippen LogP contribution in [-0.4, -0.2) is 25.9 Å². The van der Waals surface area contributed by atoms with Crippen LogP contribution in [0.5, 0.6) is 6.01 Å². The van der Waals surface area contributed by atoms with Crippen molar-refractivity contribution in [1.29, 1.82) is 0 Å². The molecule has 2 aromatic rings. The van der Waals surface area contributed by atoms with Gasteiger partial charge >= 0.3 is 6.18 Å². The zero-order valence-corrected chi connectivity index (χ0v) is 14.6. The van der Waals surface area contributed by atoms with Gasteiger partial charge in [0.1, 0.15) is 0 Å². The smallest absolute Gasteiger partial charge is 0.416 e. The highest BCUT2D eigenvalue weighted by molar-refractivity contribution is 5.78. The summed E-state index contributed by atoms with van der Waals surface area (Å²) in [7, 11) is 0. The Morgan fingerprint density at radius 3 is 2.70 bits per heavy atom. The van der Waals surface area contributed by atoms with Crippen molar-refractivity contribution in [3.8, 4) is 6.01 Å². The predicted molar refractivity (Wildman–Crippen MR) is 94.4 cm³/mol. The van der Waals surface area contributed by atoms with Gasteiger partial charge in [-0.15, -0.1) is 0 Å². The standard InChI is InChI=1S/C19H21F3N2O3/c20-19(21,22)13-8-9-14-15(11-13)23-18(27)24(17(14)26)10-3-1-2-5-12-6-4-7-16(12)25/h1,3,8-9,11-12,16,25H,2,4-7,10H2,(H,23,27)/b3-1+/t12-,16-/m1/s1. The highest BCUT2D eigenvalue weighted by atomic mass is 19.4. The number of nitrogens with zero attached hydrogens (tertiary/aromatic N) is 2. The molecule has 1 aromatic heterocycles. The van der Waals surface area contributed by atoms with Crippen LogP contribution in [0.4, 0.5) is 13.2 Å². The monoisotopic (exact) mass is 382 g/mol. The molecule has 1 aromatic carbocycles. The van der Waals surface area contributed by atoms with E-state index in [0.717, 1.165) is 54.9 Å². The minimum atomic E-state index is -4.55. The van der Waals surface area contributed by atoms with E-state index in [1.165, 1.54) is 0 Å². The Balaban J connectivity index is 1.73. The number of aromatic nitrogens is 2. The molecule has 0 spiro atoms. The highest BCUT2D eigenvalue weighted by Gasteiger charge is 2.31. The first-order chi connectivity index (χ1) is 12.8. The number of hydrogen-bond acceptors (Lipinski definition) is 4. The fraction of sp³-hybridized carbons (Fsp3) is 0.474. The Morgan fingerprint density at radius 2 is 2.04 bits per heavy atom. The maximum atomic E-state index is 12.8. The third-order valence-electron chi connectivity index (χ3n) is 5.04. The lowest BCUT2D eigenvalue weighted by Crippen LogP contribution is -2.21. The largest absolute Gasteiger partial charge is 0.480 e. The van der Waals surface area contributed by atoms with Crippen molar-refractivity contribution in [2.45, 2.75) is 50.9 Å². The number of alkyl halides is 3. The Kier molecular flexibility index (Phi) is 5.55. The Hall–Kier alpha value is -2.35. The van der Waals surface area contributed by atoms with Crippen molar-refractivity contribution >= 4 is 10.9 Å². The fourth-order valence-electron chi connectivity index (χ4n) is 3.51. The Morgan fingerprint density at radius 1 is 1.26 bits per heavy atom. The molecule has 8 heteroatoms. The maximum Gasteiger partial charge on any atom is 0.416 e. The minimum Gasteiger partial charge on any atom is -0.480 e. The SMILES string of the molecule is O=c1c2ccc(C(F)(F)F)cc2nc(O)n1C/C=C/CC[C@@H]1CCC[C@H]1O. The zero-order valence-electron chi connectivity index (χ0n) is 14.6. The van der Waals surface area contributed by atoms with Gasteiger partial charge in [-0.3, -0.25) is 9.36 Å². The molecule has 1 heterocycles. The quantitative estimate of drug-likeness (QED) is 0.775. The van der Waals surface area contributed by atoms with E-state index in [0.29, 0.717) is 5.92 Å². The van der Waals surface area contributed by atoms with Gasteiger partial charge in [-0.2, -0.15) is 18.2 Å². The highest BCUT2D eigenvalue weighted by Crippen LogP contribution is 2.31. The third-order valence-corrected chi connectivity index (χ3v) is 5.04. The van der Waals surface area contributed by atoms with E-state index >= 15 is 0 Å². The number of aromatic hydroxyl groups is 1. The van der Waals surface area contributed by atoms with Gasteiger partial charge in [0.2, 0.25) is 0 Å². The van der Waals surface area contributed by atoms with Gasteiger partial charge in [-0.1, -0.05) is 18.6 Å². The first-order valence-corrected chi connectivity index (χ1v) is 8.91. The van der Waals surface area contributed by atoms with Crippen molar-refractivity contribution in [2.24, 2.45) is 5.92 Å². The lowest BCUT2D eigenvalue weighted by molar-refractivity contribution is -0.137. The van der Waals surface area contributed by atoms with Crippen LogP contribution in [0.2, 0.25) is 0 Å². The first kappa shape index (κ1) is 19.4. The number of allylic oxidation sites excluding steroid dienone is 2. The topological polar surface area (TPSA) is 75.3 Å². The summed E-state index contributed by atoms with van der Waals surface area (Å²) in [6.45, 7) is 0.0713.